The summed E-state index contributed by atoms with van der Waals surface area (Å²) in [6.07, 6.45) is 2.07. The monoisotopic (exact) mass is 283 g/mol. The van der Waals surface area contributed by atoms with E-state index >= 15 is 0 Å². The molecule has 1 aliphatic heterocycles. The van der Waals surface area contributed by atoms with Crippen molar-refractivity contribution in [1.29, 1.82) is 0 Å². The maximum atomic E-state index is 13.5. The van der Waals surface area contributed by atoms with Gasteiger partial charge >= 0.3 is 0 Å². The maximum Gasteiger partial charge on any atom is 0.254 e. The standard InChI is InChI=1S/C14H18FNO2S/c1-2-13-9(5-6-18-13)8-16-14(17)11-7-10(19)3-4-12(11)15/h3-4,7,9,13,19H,2,5-6,8H2,1H3,(H,16,17). The molecule has 0 spiro atoms. The van der Waals surface area contributed by atoms with E-state index < -0.39 is 11.7 Å². The van der Waals surface area contributed by atoms with E-state index in [2.05, 4.69) is 24.9 Å². The van der Waals surface area contributed by atoms with E-state index in [1.807, 2.05) is 0 Å². The molecule has 1 aromatic carbocycles. The highest BCUT2D eigenvalue weighted by atomic mass is 32.1. The van der Waals surface area contributed by atoms with Gasteiger partial charge in [0.2, 0.25) is 0 Å². The van der Waals surface area contributed by atoms with E-state index in [0.29, 0.717) is 17.4 Å². The summed E-state index contributed by atoms with van der Waals surface area (Å²) in [5, 5.41) is 2.78. The first kappa shape index (κ1) is 14.3. The number of benzene rings is 1. The topological polar surface area (TPSA) is 38.3 Å². The number of carbonyl (C=O) groups excluding carboxylic acids is 1. The first-order chi connectivity index (χ1) is 9.11. The van der Waals surface area contributed by atoms with Crippen LogP contribution < -0.4 is 5.32 Å². The van der Waals surface area contributed by atoms with Crippen LogP contribution in [0.4, 0.5) is 4.39 Å². The summed E-state index contributed by atoms with van der Waals surface area (Å²) < 4.78 is 19.1. The van der Waals surface area contributed by atoms with Crippen LogP contribution in [-0.4, -0.2) is 25.2 Å². The van der Waals surface area contributed by atoms with Crippen LogP contribution >= 0.6 is 12.6 Å². The molecule has 0 saturated carbocycles. The molecule has 1 saturated heterocycles. The van der Waals surface area contributed by atoms with Gasteiger partial charge in [0.1, 0.15) is 5.82 Å². The quantitative estimate of drug-likeness (QED) is 0.834. The molecule has 0 aromatic heterocycles. The van der Waals surface area contributed by atoms with Crippen LogP contribution in [0.2, 0.25) is 0 Å². The van der Waals surface area contributed by atoms with Crippen molar-refractivity contribution in [3.63, 3.8) is 0 Å². The van der Waals surface area contributed by atoms with Gasteiger partial charge in [-0.2, -0.15) is 0 Å². The second-order valence-corrected chi connectivity index (χ2v) is 5.26. The van der Waals surface area contributed by atoms with Gasteiger partial charge in [-0.3, -0.25) is 4.79 Å². The first-order valence-corrected chi connectivity index (χ1v) is 6.95. The zero-order valence-corrected chi connectivity index (χ0v) is 11.8. The fraction of sp³-hybridized carbons (Fsp3) is 0.500. The normalized spacial score (nSPS) is 22.5. The Labute approximate surface area is 117 Å². The van der Waals surface area contributed by atoms with E-state index in [1.165, 1.54) is 18.2 Å². The Morgan fingerprint density at radius 2 is 2.37 bits per heavy atom. The Bertz CT molecular complexity index is 467. The summed E-state index contributed by atoms with van der Waals surface area (Å²) in [4.78, 5) is 12.5. The Morgan fingerprint density at radius 3 is 3.11 bits per heavy atom. The third-order valence-corrected chi connectivity index (χ3v) is 3.75. The molecule has 0 aliphatic carbocycles. The molecular formula is C14H18FNO2S. The number of nitrogens with one attached hydrogen (secondary N) is 1. The average molecular weight is 283 g/mol. The van der Waals surface area contributed by atoms with E-state index in [4.69, 9.17) is 4.74 Å². The van der Waals surface area contributed by atoms with Crippen LogP contribution in [-0.2, 0) is 4.74 Å². The zero-order valence-electron chi connectivity index (χ0n) is 10.9. The molecule has 0 radical (unpaired) electrons. The molecule has 1 heterocycles. The lowest BCUT2D eigenvalue weighted by atomic mass is 9.99. The third kappa shape index (κ3) is 3.48. The van der Waals surface area contributed by atoms with Crippen molar-refractivity contribution in [1.82, 2.24) is 5.32 Å². The van der Waals surface area contributed by atoms with Crippen molar-refractivity contribution in [3.05, 3.63) is 29.6 Å². The summed E-state index contributed by atoms with van der Waals surface area (Å²) in [6.45, 7) is 3.32. The highest BCUT2D eigenvalue weighted by molar-refractivity contribution is 7.80. The van der Waals surface area contributed by atoms with Gasteiger partial charge < -0.3 is 10.1 Å². The largest absolute Gasteiger partial charge is 0.378 e. The van der Waals surface area contributed by atoms with Gasteiger partial charge in [-0.15, -0.1) is 12.6 Å². The van der Waals surface area contributed by atoms with Crippen LogP contribution in [0.3, 0.4) is 0 Å². The SMILES string of the molecule is CCC1OCCC1CNC(=O)c1cc(S)ccc1F. The van der Waals surface area contributed by atoms with Gasteiger partial charge in [0, 0.05) is 24.0 Å². The number of rotatable bonds is 4. The summed E-state index contributed by atoms with van der Waals surface area (Å²) in [6, 6.07) is 4.22. The molecule has 3 nitrogen and oxygen atoms in total. The molecular weight excluding hydrogens is 265 g/mol. The second kappa shape index (κ2) is 6.39. The van der Waals surface area contributed by atoms with Gasteiger partial charge in [-0.1, -0.05) is 6.92 Å². The Hall–Kier alpha value is -1.07. The lowest BCUT2D eigenvalue weighted by Gasteiger charge is -2.17. The van der Waals surface area contributed by atoms with E-state index in [-0.39, 0.29) is 11.7 Å². The minimum Gasteiger partial charge on any atom is -0.378 e. The summed E-state index contributed by atoms with van der Waals surface area (Å²) in [5.74, 6) is -0.601. The molecule has 1 N–H and O–H groups in total. The Balaban J connectivity index is 1.96. The van der Waals surface area contributed by atoms with E-state index in [0.717, 1.165) is 19.4 Å². The minimum absolute atomic E-state index is 0.0412. The number of amides is 1. The predicted octanol–water partition coefficient (Wildman–Crippen LogP) is 2.66. The van der Waals surface area contributed by atoms with Crippen molar-refractivity contribution in [2.45, 2.75) is 30.8 Å². The van der Waals surface area contributed by atoms with Crippen molar-refractivity contribution in [2.24, 2.45) is 5.92 Å². The number of hydrogen-bond donors (Lipinski definition) is 2. The van der Waals surface area contributed by atoms with Gasteiger partial charge in [-0.05, 0) is 31.0 Å². The van der Waals surface area contributed by atoms with E-state index in [9.17, 15) is 9.18 Å². The smallest absolute Gasteiger partial charge is 0.254 e. The maximum absolute atomic E-state index is 13.5. The van der Waals surface area contributed by atoms with Gasteiger partial charge in [0.15, 0.2) is 0 Å². The van der Waals surface area contributed by atoms with Crippen molar-refractivity contribution < 1.29 is 13.9 Å². The number of hydrogen-bond acceptors (Lipinski definition) is 3. The molecule has 2 unspecified atom stereocenters. The minimum atomic E-state index is -0.523. The van der Waals surface area contributed by atoms with Gasteiger partial charge in [0.25, 0.3) is 5.91 Å². The fourth-order valence-corrected chi connectivity index (χ4v) is 2.59. The number of ether oxygens (including phenoxy) is 1. The molecule has 2 rings (SSSR count). The molecule has 1 amide bonds. The highest BCUT2D eigenvalue weighted by Gasteiger charge is 2.27. The molecule has 104 valence electrons. The molecule has 1 aromatic rings. The first-order valence-electron chi connectivity index (χ1n) is 6.50. The zero-order chi connectivity index (χ0) is 13.8. The number of carbonyl (C=O) groups is 1. The predicted molar refractivity (Wildman–Crippen MR) is 74.1 cm³/mol. The Morgan fingerprint density at radius 1 is 1.58 bits per heavy atom. The lowest BCUT2D eigenvalue weighted by molar-refractivity contribution is 0.0825. The molecule has 5 heteroatoms. The second-order valence-electron chi connectivity index (χ2n) is 4.74. The van der Waals surface area contributed by atoms with Crippen molar-refractivity contribution in [2.75, 3.05) is 13.2 Å². The van der Waals surface area contributed by atoms with Crippen LogP contribution in [0, 0.1) is 11.7 Å². The third-order valence-electron chi connectivity index (χ3n) is 3.47. The van der Waals surface area contributed by atoms with Crippen LogP contribution in [0.15, 0.2) is 23.1 Å². The molecule has 1 aliphatic rings. The lowest BCUT2D eigenvalue weighted by Crippen LogP contribution is -2.33. The summed E-state index contributed by atoms with van der Waals surface area (Å²) in [5.41, 5.74) is 0.0412. The fourth-order valence-electron chi connectivity index (χ4n) is 2.38. The van der Waals surface area contributed by atoms with Crippen molar-refractivity contribution >= 4 is 18.5 Å². The Kier molecular flexibility index (Phi) is 4.82. The highest BCUT2D eigenvalue weighted by Crippen LogP contribution is 2.22. The summed E-state index contributed by atoms with van der Waals surface area (Å²) in [7, 11) is 0. The van der Waals surface area contributed by atoms with Crippen LogP contribution in [0.25, 0.3) is 0 Å². The summed E-state index contributed by atoms with van der Waals surface area (Å²) >= 11 is 4.11. The van der Waals surface area contributed by atoms with Crippen LogP contribution in [0.1, 0.15) is 30.1 Å². The number of halogens is 1. The molecule has 1 fully saturated rings. The van der Waals surface area contributed by atoms with E-state index in [1.54, 1.807) is 0 Å². The van der Waals surface area contributed by atoms with Gasteiger partial charge in [-0.25, -0.2) is 4.39 Å². The number of thiol groups is 1. The molecule has 19 heavy (non-hydrogen) atoms. The van der Waals surface area contributed by atoms with Gasteiger partial charge in [0.05, 0.1) is 11.7 Å². The average Bonchev–Trinajstić information content (AvgIpc) is 2.86. The molecule has 2 atom stereocenters. The molecule has 0 bridgehead atoms. The van der Waals surface area contributed by atoms with Crippen molar-refractivity contribution in [3.8, 4) is 0 Å². The van der Waals surface area contributed by atoms with Crippen LogP contribution in [0.5, 0.6) is 0 Å².